The minimum absolute atomic E-state index is 0.0965. The van der Waals surface area contributed by atoms with Crippen molar-refractivity contribution in [2.45, 2.75) is 19.9 Å². The van der Waals surface area contributed by atoms with Gasteiger partial charge in [0.1, 0.15) is 5.82 Å². The van der Waals surface area contributed by atoms with E-state index in [1.165, 1.54) is 12.1 Å². The minimum atomic E-state index is -0.290. The van der Waals surface area contributed by atoms with Gasteiger partial charge in [0.05, 0.1) is 0 Å². The zero-order valence-corrected chi connectivity index (χ0v) is 15.2. The molecule has 0 radical (unpaired) electrons. The maximum atomic E-state index is 13.1. The van der Waals surface area contributed by atoms with Gasteiger partial charge < -0.3 is 15.5 Å². The fraction of sp³-hybridized carbons (Fsp3) is 0.300. The van der Waals surface area contributed by atoms with Crippen LogP contribution < -0.4 is 15.5 Å². The van der Waals surface area contributed by atoms with Gasteiger partial charge in [-0.05, 0) is 49.2 Å². The number of anilines is 2. The number of nitrogens with zero attached hydrogens (tertiary/aromatic N) is 2. The lowest BCUT2D eigenvalue weighted by Gasteiger charge is -2.36. The van der Waals surface area contributed by atoms with Crippen LogP contribution in [0.2, 0.25) is 0 Å². The SMILES string of the molecule is CCNC(=O)Nc1cccc(N2CCCN(Cc3ccc(F)cc3)C2=O)c1. The Balaban J connectivity index is 1.71. The van der Waals surface area contributed by atoms with Gasteiger partial charge in [0.25, 0.3) is 0 Å². The molecule has 6 nitrogen and oxygen atoms in total. The molecule has 27 heavy (non-hydrogen) atoms. The van der Waals surface area contributed by atoms with E-state index in [4.69, 9.17) is 0 Å². The van der Waals surface area contributed by atoms with E-state index in [0.717, 1.165) is 17.7 Å². The first-order chi connectivity index (χ1) is 13.1. The van der Waals surface area contributed by atoms with Crippen LogP contribution in [0.3, 0.4) is 0 Å². The molecule has 2 N–H and O–H groups in total. The molecule has 7 heteroatoms. The fourth-order valence-corrected chi connectivity index (χ4v) is 3.07. The summed E-state index contributed by atoms with van der Waals surface area (Å²) in [6.07, 6.45) is 0.834. The Kier molecular flexibility index (Phi) is 5.90. The quantitative estimate of drug-likeness (QED) is 0.841. The van der Waals surface area contributed by atoms with Gasteiger partial charge in [0.2, 0.25) is 0 Å². The van der Waals surface area contributed by atoms with E-state index < -0.39 is 0 Å². The predicted molar refractivity (Wildman–Crippen MR) is 103 cm³/mol. The number of hydrogen-bond donors (Lipinski definition) is 2. The molecule has 0 spiro atoms. The molecular weight excluding hydrogens is 347 g/mol. The van der Waals surface area contributed by atoms with Gasteiger partial charge in [-0.3, -0.25) is 4.90 Å². The number of halogens is 1. The number of benzene rings is 2. The van der Waals surface area contributed by atoms with Crippen molar-refractivity contribution >= 4 is 23.4 Å². The van der Waals surface area contributed by atoms with E-state index in [0.29, 0.717) is 31.9 Å². The second-order valence-corrected chi connectivity index (χ2v) is 6.37. The molecule has 1 aliphatic heterocycles. The fourth-order valence-electron chi connectivity index (χ4n) is 3.07. The first-order valence-electron chi connectivity index (χ1n) is 9.02. The molecule has 0 aliphatic carbocycles. The summed E-state index contributed by atoms with van der Waals surface area (Å²) in [5.41, 5.74) is 2.25. The van der Waals surface area contributed by atoms with Crippen molar-refractivity contribution in [1.82, 2.24) is 10.2 Å². The van der Waals surface area contributed by atoms with Gasteiger partial charge in [-0.2, -0.15) is 0 Å². The second kappa shape index (κ2) is 8.53. The number of carbonyl (C=O) groups excluding carboxylic acids is 2. The van der Waals surface area contributed by atoms with Gasteiger partial charge in [0, 0.05) is 37.6 Å². The summed E-state index contributed by atoms with van der Waals surface area (Å²) in [7, 11) is 0. The molecule has 1 fully saturated rings. The maximum Gasteiger partial charge on any atom is 0.324 e. The Morgan fingerprint density at radius 1 is 1.15 bits per heavy atom. The van der Waals surface area contributed by atoms with Gasteiger partial charge in [-0.15, -0.1) is 0 Å². The second-order valence-electron chi connectivity index (χ2n) is 6.37. The Labute approximate surface area is 158 Å². The highest BCUT2D eigenvalue weighted by Gasteiger charge is 2.27. The number of urea groups is 2. The van der Waals surface area contributed by atoms with E-state index in [1.54, 1.807) is 34.1 Å². The van der Waals surface area contributed by atoms with Crippen LogP contribution in [0.15, 0.2) is 48.5 Å². The first kappa shape index (κ1) is 18.7. The lowest BCUT2D eigenvalue weighted by Crippen LogP contribution is -2.49. The van der Waals surface area contributed by atoms with Crippen LogP contribution in [0.4, 0.5) is 25.4 Å². The van der Waals surface area contributed by atoms with E-state index >= 15 is 0 Å². The van der Waals surface area contributed by atoms with Crippen LogP contribution in [0.1, 0.15) is 18.9 Å². The van der Waals surface area contributed by atoms with Crippen molar-refractivity contribution in [3.63, 3.8) is 0 Å². The number of carbonyl (C=O) groups is 2. The molecule has 1 saturated heterocycles. The molecule has 0 atom stereocenters. The average Bonchev–Trinajstić information content (AvgIpc) is 2.65. The highest BCUT2D eigenvalue weighted by atomic mass is 19.1. The van der Waals surface area contributed by atoms with Crippen LogP contribution >= 0.6 is 0 Å². The molecule has 2 aromatic rings. The lowest BCUT2D eigenvalue weighted by atomic mass is 10.1. The monoisotopic (exact) mass is 370 g/mol. The van der Waals surface area contributed by atoms with Crippen LogP contribution in [0, 0.1) is 5.82 Å². The third kappa shape index (κ3) is 4.75. The van der Waals surface area contributed by atoms with Crippen LogP contribution in [0.25, 0.3) is 0 Å². The normalized spacial score (nSPS) is 14.2. The van der Waals surface area contributed by atoms with E-state index in [9.17, 15) is 14.0 Å². The van der Waals surface area contributed by atoms with Crippen molar-refractivity contribution in [3.05, 3.63) is 59.9 Å². The zero-order valence-electron chi connectivity index (χ0n) is 15.2. The molecule has 0 unspecified atom stereocenters. The molecule has 2 aromatic carbocycles. The largest absolute Gasteiger partial charge is 0.338 e. The van der Waals surface area contributed by atoms with E-state index in [2.05, 4.69) is 10.6 Å². The highest BCUT2D eigenvalue weighted by Crippen LogP contribution is 2.24. The van der Waals surface area contributed by atoms with Crippen LogP contribution in [-0.4, -0.2) is 36.6 Å². The van der Waals surface area contributed by atoms with Gasteiger partial charge in [-0.25, -0.2) is 14.0 Å². The third-order valence-corrected chi connectivity index (χ3v) is 4.35. The molecule has 0 saturated carbocycles. The Morgan fingerprint density at radius 3 is 2.67 bits per heavy atom. The Morgan fingerprint density at radius 2 is 1.93 bits per heavy atom. The van der Waals surface area contributed by atoms with Gasteiger partial charge in [-0.1, -0.05) is 18.2 Å². The standard InChI is InChI=1S/C20H23FN4O2/c1-2-22-19(26)23-17-5-3-6-18(13-17)25-12-4-11-24(20(25)27)14-15-7-9-16(21)10-8-15/h3,5-10,13H,2,4,11-12,14H2,1H3,(H2,22,23,26). The van der Waals surface area contributed by atoms with Crippen molar-refractivity contribution in [2.75, 3.05) is 29.9 Å². The number of hydrogen-bond acceptors (Lipinski definition) is 2. The number of nitrogens with one attached hydrogen (secondary N) is 2. The van der Waals surface area contributed by atoms with Gasteiger partial charge in [0.15, 0.2) is 0 Å². The maximum absolute atomic E-state index is 13.1. The summed E-state index contributed by atoms with van der Waals surface area (Å²) in [6, 6.07) is 13.0. The molecule has 3 rings (SSSR count). The van der Waals surface area contributed by atoms with E-state index in [-0.39, 0.29) is 17.9 Å². The summed E-state index contributed by atoms with van der Waals surface area (Å²) >= 11 is 0. The van der Waals surface area contributed by atoms with Crippen molar-refractivity contribution in [3.8, 4) is 0 Å². The Bertz CT molecular complexity index is 810. The topological polar surface area (TPSA) is 64.7 Å². The van der Waals surface area contributed by atoms with Crippen LogP contribution in [0.5, 0.6) is 0 Å². The first-order valence-corrected chi connectivity index (χ1v) is 9.02. The van der Waals surface area contributed by atoms with Crippen LogP contribution in [-0.2, 0) is 6.54 Å². The molecular formula is C20H23FN4O2. The summed E-state index contributed by atoms with van der Waals surface area (Å²) < 4.78 is 13.1. The molecule has 1 aliphatic rings. The van der Waals surface area contributed by atoms with Crippen molar-refractivity contribution in [1.29, 1.82) is 0 Å². The van der Waals surface area contributed by atoms with Crippen molar-refractivity contribution < 1.29 is 14.0 Å². The summed E-state index contributed by atoms with van der Waals surface area (Å²) in [4.78, 5) is 28.1. The van der Waals surface area contributed by atoms with Crippen molar-refractivity contribution in [2.24, 2.45) is 0 Å². The zero-order chi connectivity index (χ0) is 19.2. The minimum Gasteiger partial charge on any atom is -0.338 e. The molecule has 142 valence electrons. The molecule has 0 aromatic heterocycles. The third-order valence-electron chi connectivity index (χ3n) is 4.35. The van der Waals surface area contributed by atoms with E-state index in [1.807, 2.05) is 19.1 Å². The van der Waals surface area contributed by atoms with Gasteiger partial charge >= 0.3 is 12.1 Å². The average molecular weight is 370 g/mol. The number of amides is 4. The Hall–Kier alpha value is -3.09. The summed E-state index contributed by atoms with van der Waals surface area (Å²) in [5, 5.41) is 5.43. The number of rotatable bonds is 5. The lowest BCUT2D eigenvalue weighted by molar-refractivity contribution is 0.192. The highest BCUT2D eigenvalue weighted by molar-refractivity contribution is 5.94. The summed E-state index contributed by atoms with van der Waals surface area (Å²) in [6.45, 7) is 4.09. The smallest absolute Gasteiger partial charge is 0.324 e. The molecule has 4 amide bonds. The summed E-state index contributed by atoms with van der Waals surface area (Å²) in [5.74, 6) is -0.290. The molecule has 0 bridgehead atoms. The molecule has 1 heterocycles. The predicted octanol–water partition coefficient (Wildman–Crippen LogP) is 3.80.